The first-order valence-electron chi connectivity index (χ1n) is 6.31. The van der Waals surface area contributed by atoms with Crippen LogP contribution < -0.4 is 5.32 Å². The first-order chi connectivity index (χ1) is 7.67. The summed E-state index contributed by atoms with van der Waals surface area (Å²) in [5.74, 6) is 0. The lowest BCUT2D eigenvalue weighted by molar-refractivity contribution is 0.0762. The molecule has 0 aromatic carbocycles. The Morgan fingerprint density at radius 3 is 2.75 bits per heavy atom. The highest BCUT2D eigenvalue weighted by Gasteiger charge is 2.24. The molecule has 96 valence electrons. The van der Waals surface area contributed by atoms with Gasteiger partial charge in [-0.2, -0.15) is 0 Å². The second kappa shape index (κ2) is 7.22. The average molecular weight is 229 g/mol. The molecule has 4 nitrogen and oxygen atoms in total. The number of likely N-dealkylation sites (N-methyl/N-ethyl adjacent to an activating group) is 3. The van der Waals surface area contributed by atoms with Crippen LogP contribution in [-0.4, -0.2) is 75.9 Å². The molecular formula is C12H27N3O. The minimum atomic E-state index is 0.471. The normalized spacial score (nSPS) is 25.9. The molecule has 1 aliphatic heterocycles. The van der Waals surface area contributed by atoms with Crippen LogP contribution in [0.5, 0.6) is 0 Å². The Balaban J connectivity index is 2.36. The monoisotopic (exact) mass is 229 g/mol. The molecule has 0 radical (unpaired) electrons. The van der Waals surface area contributed by atoms with Crippen LogP contribution in [0.25, 0.3) is 0 Å². The SMILES string of the molecule is CCOCC(CC1CN(C)CCN1C)NC. The van der Waals surface area contributed by atoms with Crippen molar-refractivity contribution in [1.29, 1.82) is 0 Å². The Kier molecular flexibility index (Phi) is 6.28. The van der Waals surface area contributed by atoms with E-state index in [0.29, 0.717) is 12.1 Å². The van der Waals surface area contributed by atoms with Gasteiger partial charge in [0.1, 0.15) is 0 Å². The predicted molar refractivity (Wildman–Crippen MR) is 67.9 cm³/mol. The molecule has 1 heterocycles. The topological polar surface area (TPSA) is 27.7 Å². The van der Waals surface area contributed by atoms with Crippen molar-refractivity contribution in [3.05, 3.63) is 0 Å². The summed E-state index contributed by atoms with van der Waals surface area (Å²) in [6.45, 7) is 7.20. The van der Waals surface area contributed by atoms with Crippen LogP contribution in [0.3, 0.4) is 0 Å². The Labute approximate surface area is 99.9 Å². The van der Waals surface area contributed by atoms with Crippen molar-refractivity contribution < 1.29 is 4.74 Å². The second-order valence-corrected chi connectivity index (χ2v) is 4.78. The first kappa shape index (κ1) is 13.9. The number of ether oxygens (including phenoxy) is 1. The Hall–Kier alpha value is -0.160. The highest BCUT2D eigenvalue weighted by atomic mass is 16.5. The predicted octanol–water partition coefficient (Wildman–Crippen LogP) is 0.247. The molecule has 1 N–H and O–H groups in total. The van der Waals surface area contributed by atoms with E-state index in [1.165, 1.54) is 19.6 Å². The third kappa shape index (κ3) is 4.37. The summed E-state index contributed by atoms with van der Waals surface area (Å²) in [5, 5.41) is 3.35. The molecule has 1 rings (SSSR count). The summed E-state index contributed by atoms with van der Waals surface area (Å²) in [6.07, 6.45) is 1.16. The van der Waals surface area contributed by atoms with Gasteiger partial charge < -0.3 is 19.9 Å². The molecule has 0 amide bonds. The Bertz CT molecular complexity index is 189. The summed E-state index contributed by atoms with van der Waals surface area (Å²) in [4.78, 5) is 4.88. The van der Waals surface area contributed by atoms with E-state index >= 15 is 0 Å². The largest absolute Gasteiger partial charge is 0.380 e. The molecule has 1 fully saturated rings. The smallest absolute Gasteiger partial charge is 0.0619 e. The Morgan fingerprint density at radius 1 is 1.38 bits per heavy atom. The summed E-state index contributed by atoms with van der Waals surface area (Å²) in [5.41, 5.74) is 0. The van der Waals surface area contributed by atoms with Gasteiger partial charge in [-0.3, -0.25) is 0 Å². The molecule has 2 atom stereocenters. The highest BCUT2D eigenvalue weighted by molar-refractivity contribution is 4.82. The van der Waals surface area contributed by atoms with Gasteiger partial charge in [-0.05, 0) is 34.5 Å². The van der Waals surface area contributed by atoms with Gasteiger partial charge in [-0.25, -0.2) is 0 Å². The minimum Gasteiger partial charge on any atom is -0.380 e. The van der Waals surface area contributed by atoms with Gasteiger partial charge >= 0.3 is 0 Å². The third-order valence-electron chi connectivity index (χ3n) is 3.47. The van der Waals surface area contributed by atoms with Crippen LogP contribution in [0.4, 0.5) is 0 Å². The molecule has 1 saturated heterocycles. The molecule has 4 heteroatoms. The fourth-order valence-electron chi connectivity index (χ4n) is 2.21. The van der Waals surface area contributed by atoms with Crippen molar-refractivity contribution >= 4 is 0 Å². The van der Waals surface area contributed by atoms with Gasteiger partial charge in [-0.1, -0.05) is 0 Å². The molecule has 16 heavy (non-hydrogen) atoms. The summed E-state index contributed by atoms with van der Waals surface area (Å²) in [6, 6.07) is 1.12. The number of nitrogens with one attached hydrogen (secondary N) is 1. The van der Waals surface area contributed by atoms with E-state index in [1.54, 1.807) is 0 Å². The number of piperazine rings is 1. The molecule has 0 spiro atoms. The van der Waals surface area contributed by atoms with Crippen LogP contribution >= 0.6 is 0 Å². The van der Waals surface area contributed by atoms with Gasteiger partial charge in [0.15, 0.2) is 0 Å². The van der Waals surface area contributed by atoms with Crippen LogP contribution in [0.2, 0.25) is 0 Å². The molecule has 0 aliphatic carbocycles. The van der Waals surface area contributed by atoms with Crippen LogP contribution in [0.1, 0.15) is 13.3 Å². The summed E-state index contributed by atoms with van der Waals surface area (Å²) in [7, 11) is 6.46. The maximum atomic E-state index is 5.50. The van der Waals surface area contributed by atoms with E-state index in [4.69, 9.17) is 4.74 Å². The summed E-state index contributed by atoms with van der Waals surface area (Å²) < 4.78 is 5.50. The van der Waals surface area contributed by atoms with Crippen molar-refractivity contribution in [3.8, 4) is 0 Å². The van der Waals surface area contributed by atoms with Gasteiger partial charge in [0.05, 0.1) is 6.61 Å². The zero-order chi connectivity index (χ0) is 12.0. The van der Waals surface area contributed by atoms with Crippen molar-refractivity contribution in [2.75, 3.05) is 54.0 Å². The van der Waals surface area contributed by atoms with Crippen molar-refractivity contribution in [3.63, 3.8) is 0 Å². The number of nitrogens with zero attached hydrogens (tertiary/aromatic N) is 2. The van der Waals surface area contributed by atoms with Gasteiger partial charge in [0, 0.05) is 38.3 Å². The molecule has 0 aromatic heterocycles. The standard InChI is InChI=1S/C12H27N3O/c1-5-16-10-11(13-2)8-12-9-14(3)6-7-15(12)4/h11-13H,5-10H2,1-4H3. The average Bonchev–Trinajstić information content (AvgIpc) is 2.28. The zero-order valence-corrected chi connectivity index (χ0v) is 11.2. The molecule has 0 saturated carbocycles. The van der Waals surface area contributed by atoms with E-state index in [2.05, 4.69) is 29.2 Å². The fourth-order valence-corrected chi connectivity index (χ4v) is 2.21. The maximum Gasteiger partial charge on any atom is 0.0619 e. The van der Waals surface area contributed by atoms with E-state index < -0.39 is 0 Å². The van der Waals surface area contributed by atoms with E-state index in [9.17, 15) is 0 Å². The van der Waals surface area contributed by atoms with E-state index in [1.807, 2.05) is 14.0 Å². The third-order valence-corrected chi connectivity index (χ3v) is 3.47. The molecule has 0 bridgehead atoms. The van der Waals surface area contributed by atoms with Crippen LogP contribution in [0.15, 0.2) is 0 Å². The Morgan fingerprint density at radius 2 is 2.12 bits per heavy atom. The maximum absolute atomic E-state index is 5.50. The fraction of sp³-hybridized carbons (Fsp3) is 1.00. The van der Waals surface area contributed by atoms with E-state index in [-0.39, 0.29) is 0 Å². The van der Waals surface area contributed by atoms with Crippen molar-refractivity contribution in [2.24, 2.45) is 0 Å². The molecular weight excluding hydrogens is 202 g/mol. The van der Waals surface area contributed by atoms with Gasteiger partial charge in [0.2, 0.25) is 0 Å². The van der Waals surface area contributed by atoms with Gasteiger partial charge in [0.25, 0.3) is 0 Å². The zero-order valence-electron chi connectivity index (χ0n) is 11.2. The van der Waals surface area contributed by atoms with Crippen molar-refractivity contribution in [1.82, 2.24) is 15.1 Å². The van der Waals surface area contributed by atoms with Crippen molar-refractivity contribution in [2.45, 2.75) is 25.4 Å². The lowest BCUT2D eigenvalue weighted by Gasteiger charge is -2.39. The lowest BCUT2D eigenvalue weighted by atomic mass is 10.0. The molecule has 2 unspecified atom stereocenters. The lowest BCUT2D eigenvalue weighted by Crippen LogP contribution is -2.52. The van der Waals surface area contributed by atoms with Crippen LogP contribution in [0, 0.1) is 0 Å². The minimum absolute atomic E-state index is 0.471. The highest BCUT2D eigenvalue weighted by Crippen LogP contribution is 2.11. The first-order valence-corrected chi connectivity index (χ1v) is 6.31. The van der Waals surface area contributed by atoms with Crippen LogP contribution in [-0.2, 0) is 4.74 Å². The quantitative estimate of drug-likeness (QED) is 0.706. The number of rotatable bonds is 6. The second-order valence-electron chi connectivity index (χ2n) is 4.78. The summed E-state index contributed by atoms with van der Waals surface area (Å²) >= 11 is 0. The molecule has 0 aromatic rings. The van der Waals surface area contributed by atoms with Gasteiger partial charge in [-0.15, -0.1) is 0 Å². The number of hydrogen-bond donors (Lipinski definition) is 1. The number of hydrogen-bond acceptors (Lipinski definition) is 4. The molecule has 1 aliphatic rings. The van der Waals surface area contributed by atoms with E-state index in [0.717, 1.165) is 19.6 Å².